The number of aryl methyl sites for hydroxylation is 2. The van der Waals surface area contributed by atoms with Gasteiger partial charge in [-0.3, -0.25) is 4.79 Å². The highest BCUT2D eigenvalue weighted by molar-refractivity contribution is 5.76. The van der Waals surface area contributed by atoms with E-state index in [2.05, 4.69) is 29.6 Å². The molecule has 0 saturated carbocycles. The van der Waals surface area contributed by atoms with E-state index in [0.29, 0.717) is 13.0 Å². The molecule has 0 aliphatic rings. The van der Waals surface area contributed by atoms with Crippen molar-refractivity contribution in [1.82, 2.24) is 10.2 Å². The number of hydrogen-bond donors (Lipinski definition) is 1. The number of carbonyl (C=O) groups excluding carboxylic acids is 1. The summed E-state index contributed by atoms with van der Waals surface area (Å²) >= 11 is 0. The van der Waals surface area contributed by atoms with Crippen molar-refractivity contribution in [1.29, 1.82) is 0 Å². The van der Waals surface area contributed by atoms with Gasteiger partial charge < -0.3 is 10.2 Å². The van der Waals surface area contributed by atoms with E-state index in [1.54, 1.807) is 6.07 Å². The number of halogens is 1. The van der Waals surface area contributed by atoms with Gasteiger partial charge in [-0.2, -0.15) is 0 Å². The van der Waals surface area contributed by atoms with Crippen molar-refractivity contribution < 1.29 is 9.18 Å². The number of nitrogens with one attached hydrogen (secondary N) is 1. The zero-order valence-corrected chi connectivity index (χ0v) is 14.6. The maximum atomic E-state index is 13.4. The molecule has 24 heavy (non-hydrogen) atoms. The molecule has 0 aliphatic heterocycles. The first-order chi connectivity index (χ1) is 11.5. The molecule has 4 heteroatoms. The molecule has 0 heterocycles. The first-order valence-corrected chi connectivity index (χ1v) is 8.20. The molecular weight excluding hydrogens is 303 g/mol. The number of rotatable bonds is 7. The Balaban J connectivity index is 1.87. The molecular formula is C20H25FN2O. The third-order valence-electron chi connectivity index (χ3n) is 4.11. The van der Waals surface area contributed by atoms with Gasteiger partial charge in [-0.1, -0.05) is 42.0 Å². The second-order valence-electron chi connectivity index (χ2n) is 6.32. The van der Waals surface area contributed by atoms with E-state index in [9.17, 15) is 9.18 Å². The van der Waals surface area contributed by atoms with Crippen LogP contribution in [0.15, 0.2) is 48.5 Å². The molecule has 3 nitrogen and oxygen atoms in total. The van der Waals surface area contributed by atoms with E-state index in [4.69, 9.17) is 0 Å². The molecule has 0 saturated heterocycles. The molecule has 0 spiro atoms. The number of likely N-dealkylation sites (N-methyl/N-ethyl adjacent to an activating group) is 1. The molecule has 1 amide bonds. The van der Waals surface area contributed by atoms with Crippen LogP contribution in [-0.4, -0.2) is 31.4 Å². The van der Waals surface area contributed by atoms with Crippen molar-refractivity contribution >= 4 is 5.91 Å². The molecule has 0 aromatic heterocycles. The minimum atomic E-state index is -0.259. The highest BCUT2D eigenvalue weighted by Crippen LogP contribution is 2.18. The van der Waals surface area contributed by atoms with Crippen molar-refractivity contribution in [3.63, 3.8) is 0 Å². The molecule has 2 rings (SSSR count). The van der Waals surface area contributed by atoms with Gasteiger partial charge >= 0.3 is 0 Å². The van der Waals surface area contributed by atoms with E-state index in [-0.39, 0.29) is 17.8 Å². The summed E-state index contributed by atoms with van der Waals surface area (Å²) in [5.41, 5.74) is 3.23. The molecule has 0 aliphatic carbocycles. The van der Waals surface area contributed by atoms with Crippen LogP contribution in [0.1, 0.15) is 29.2 Å². The summed E-state index contributed by atoms with van der Waals surface area (Å²) in [6.45, 7) is 2.51. The molecule has 0 fully saturated rings. The van der Waals surface area contributed by atoms with Crippen LogP contribution >= 0.6 is 0 Å². The van der Waals surface area contributed by atoms with E-state index >= 15 is 0 Å². The smallest absolute Gasteiger partial charge is 0.220 e. The summed E-state index contributed by atoms with van der Waals surface area (Å²) in [4.78, 5) is 14.1. The van der Waals surface area contributed by atoms with Crippen molar-refractivity contribution in [2.75, 3.05) is 20.6 Å². The van der Waals surface area contributed by atoms with Crippen LogP contribution in [0, 0.1) is 12.7 Å². The van der Waals surface area contributed by atoms with Gasteiger partial charge in [-0.25, -0.2) is 4.39 Å². The number of hydrogen-bond acceptors (Lipinski definition) is 2. The van der Waals surface area contributed by atoms with E-state index in [1.165, 1.54) is 17.7 Å². The van der Waals surface area contributed by atoms with E-state index in [0.717, 1.165) is 17.5 Å². The largest absolute Gasteiger partial charge is 0.354 e. The molecule has 1 unspecified atom stereocenters. The average Bonchev–Trinajstić information content (AvgIpc) is 2.54. The summed E-state index contributed by atoms with van der Waals surface area (Å²) < 4.78 is 13.4. The third kappa shape index (κ3) is 5.46. The lowest BCUT2D eigenvalue weighted by atomic mass is 10.1. The van der Waals surface area contributed by atoms with Crippen molar-refractivity contribution in [3.05, 3.63) is 71.0 Å². The highest BCUT2D eigenvalue weighted by atomic mass is 19.1. The van der Waals surface area contributed by atoms with Crippen LogP contribution in [0.2, 0.25) is 0 Å². The van der Waals surface area contributed by atoms with Gasteiger partial charge in [0.05, 0.1) is 6.04 Å². The van der Waals surface area contributed by atoms with Crippen molar-refractivity contribution in [2.24, 2.45) is 0 Å². The molecule has 2 aromatic rings. The minimum Gasteiger partial charge on any atom is -0.354 e. The standard InChI is InChI=1S/C20H25FN2O/c1-15-7-9-16(10-8-15)11-12-20(24)22-14-19(23(2)3)17-5-4-6-18(21)13-17/h4-10,13,19H,11-12,14H2,1-3H3,(H,22,24). The Kier molecular flexibility index (Phi) is 6.50. The molecule has 1 N–H and O–H groups in total. The van der Waals surface area contributed by atoms with Gasteiger partial charge in [-0.15, -0.1) is 0 Å². The van der Waals surface area contributed by atoms with E-state index < -0.39 is 0 Å². The van der Waals surface area contributed by atoms with Crippen LogP contribution < -0.4 is 5.32 Å². The molecule has 0 bridgehead atoms. The van der Waals surface area contributed by atoms with Gasteiger partial charge in [0.1, 0.15) is 5.82 Å². The molecule has 1 atom stereocenters. The molecule has 2 aromatic carbocycles. The second kappa shape index (κ2) is 8.60. The predicted molar refractivity (Wildman–Crippen MR) is 95.3 cm³/mol. The minimum absolute atomic E-state index is 0.0128. The fourth-order valence-electron chi connectivity index (χ4n) is 2.62. The first kappa shape index (κ1) is 18.1. The van der Waals surface area contributed by atoms with Crippen LogP contribution in [0.4, 0.5) is 4.39 Å². The number of carbonyl (C=O) groups is 1. The van der Waals surface area contributed by atoms with Gasteiger partial charge in [0.25, 0.3) is 0 Å². The highest BCUT2D eigenvalue weighted by Gasteiger charge is 2.15. The second-order valence-corrected chi connectivity index (χ2v) is 6.32. The van der Waals surface area contributed by atoms with Gasteiger partial charge in [-0.05, 0) is 50.7 Å². The normalized spacial score (nSPS) is 12.2. The number of amides is 1. The quantitative estimate of drug-likeness (QED) is 0.844. The van der Waals surface area contributed by atoms with Gasteiger partial charge in [0, 0.05) is 13.0 Å². The zero-order chi connectivity index (χ0) is 17.5. The Morgan fingerprint density at radius 3 is 2.50 bits per heavy atom. The summed E-state index contributed by atoms with van der Waals surface area (Å²) in [6, 6.07) is 14.7. The van der Waals surface area contributed by atoms with Crippen LogP contribution in [0.25, 0.3) is 0 Å². The lowest BCUT2D eigenvalue weighted by Gasteiger charge is -2.25. The fraction of sp³-hybridized carbons (Fsp3) is 0.350. The maximum absolute atomic E-state index is 13.4. The molecule has 128 valence electrons. The monoisotopic (exact) mass is 328 g/mol. The molecule has 0 radical (unpaired) electrons. The van der Waals surface area contributed by atoms with Gasteiger partial charge in [0.15, 0.2) is 0 Å². The van der Waals surface area contributed by atoms with Crippen LogP contribution in [0.3, 0.4) is 0 Å². The lowest BCUT2D eigenvalue weighted by molar-refractivity contribution is -0.121. The first-order valence-electron chi connectivity index (χ1n) is 8.20. The Morgan fingerprint density at radius 1 is 1.17 bits per heavy atom. The number of benzene rings is 2. The third-order valence-corrected chi connectivity index (χ3v) is 4.11. The SMILES string of the molecule is Cc1ccc(CCC(=O)NCC(c2cccc(F)c2)N(C)C)cc1. The fourth-order valence-corrected chi connectivity index (χ4v) is 2.62. The Morgan fingerprint density at radius 2 is 1.88 bits per heavy atom. The van der Waals surface area contributed by atoms with Crippen molar-refractivity contribution in [2.45, 2.75) is 25.8 Å². The average molecular weight is 328 g/mol. The van der Waals surface area contributed by atoms with Crippen LogP contribution in [0.5, 0.6) is 0 Å². The summed E-state index contributed by atoms with van der Waals surface area (Å²) in [5.74, 6) is -0.246. The van der Waals surface area contributed by atoms with Gasteiger partial charge in [0.2, 0.25) is 5.91 Å². The zero-order valence-electron chi connectivity index (χ0n) is 14.6. The summed E-state index contributed by atoms with van der Waals surface area (Å²) in [6.07, 6.45) is 1.17. The van der Waals surface area contributed by atoms with E-state index in [1.807, 2.05) is 32.0 Å². The summed E-state index contributed by atoms with van der Waals surface area (Å²) in [5, 5.41) is 2.96. The maximum Gasteiger partial charge on any atom is 0.220 e. The Bertz CT molecular complexity index is 668. The summed E-state index contributed by atoms with van der Waals surface area (Å²) in [7, 11) is 3.85. The van der Waals surface area contributed by atoms with Crippen LogP contribution in [-0.2, 0) is 11.2 Å². The topological polar surface area (TPSA) is 32.3 Å². The Labute approximate surface area is 143 Å². The lowest BCUT2D eigenvalue weighted by Crippen LogP contribution is -2.34. The number of nitrogens with zero attached hydrogens (tertiary/aromatic N) is 1. The Hall–Kier alpha value is -2.20. The predicted octanol–water partition coefficient (Wildman–Crippen LogP) is 3.49. The van der Waals surface area contributed by atoms with Crippen molar-refractivity contribution in [3.8, 4) is 0 Å².